The number of pyridine rings is 1. The maximum absolute atomic E-state index is 14.0. The van der Waals surface area contributed by atoms with Crippen molar-refractivity contribution in [1.82, 2.24) is 20.5 Å². The van der Waals surface area contributed by atoms with Crippen LogP contribution in [0.3, 0.4) is 0 Å². The van der Waals surface area contributed by atoms with Gasteiger partial charge in [0.05, 0.1) is 18.3 Å². The molecule has 36 heavy (non-hydrogen) atoms. The number of furan rings is 1. The van der Waals surface area contributed by atoms with Gasteiger partial charge in [-0.15, -0.1) is 0 Å². The van der Waals surface area contributed by atoms with Crippen molar-refractivity contribution in [3.05, 3.63) is 54.6 Å². The number of hydrogen-bond donors (Lipinski definition) is 2. The van der Waals surface area contributed by atoms with Crippen molar-refractivity contribution in [2.75, 3.05) is 13.6 Å². The summed E-state index contributed by atoms with van der Waals surface area (Å²) in [5.41, 5.74) is 3.86. The Morgan fingerprint density at radius 2 is 1.89 bits per heavy atom. The van der Waals surface area contributed by atoms with Crippen molar-refractivity contribution in [3.63, 3.8) is 0 Å². The standard InChI is InChI=1S/C29H36N4O3/c1-19(30-2)28(34)32-27(20-9-4-3-5-10-20)29(35)33-14-8-12-25(33)22-15-21(16-31-17-22)24-18-36-26-13-7-6-11-23(24)26/h6-7,11,13,15-20,25,27,30H,3-5,8-10,12,14H2,1-2H3,(H,32,34)/t19?,25?,27-/m0/s1. The van der Waals surface area contributed by atoms with E-state index in [2.05, 4.69) is 27.8 Å². The van der Waals surface area contributed by atoms with Crippen LogP contribution in [0, 0.1) is 5.92 Å². The van der Waals surface area contributed by atoms with E-state index in [9.17, 15) is 9.59 Å². The molecule has 5 rings (SSSR count). The monoisotopic (exact) mass is 488 g/mol. The van der Waals surface area contributed by atoms with Gasteiger partial charge in [0, 0.05) is 35.5 Å². The number of aromatic nitrogens is 1. The lowest BCUT2D eigenvalue weighted by Gasteiger charge is -2.35. The second kappa shape index (κ2) is 10.8. The van der Waals surface area contributed by atoms with Gasteiger partial charge in [0.2, 0.25) is 11.8 Å². The molecule has 0 radical (unpaired) electrons. The first-order valence-corrected chi connectivity index (χ1v) is 13.3. The molecule has 7 nitrogen and oxygen atoms in total. The molecule has 190 valence electrons. The molecular formula is C29H36N4O3. The van der Waals surface area contributed by atoms with Gasteiger partial charge in [0.15, 0.2) is 0 Å². The predicted octanol–water partition coefficient (Wildman–Crippen LogP) is 4.83. The molecule has 2 amide bonds. The lowest BCUT2D eigenvalue weighted by atomic mass is 9.83. The third-order valence-corrected chi connectivity index (χ3v) is 7.98. The number of carbonyl (C=O) groups is 2. The topological polar surface area (TPSA) is 87.5 Å². The summed E-state index contributed by atoms with van der Waals surface area (Å²) < 4.78 is 5.75. The number of likely N-dealkylation sites (N-methyl/N-ethyl adjacent to an activating group) is 1. The van der Waals surface area contributed by atoms with Gasteiger partial charge in [-0.05, 0) is 63.3 Å². The van der Waals surface area contributed by atoms with E-state index < -0.39 is 6.04 Å². The molecule has 1 aliphatic carbocycles. The van der Waals surface area contributed by atoms with E-state index in [0.717, 1.165) is 66.2 Å². The van der Waals surface area contributed by atoms with Gasteiger partial charge in [-0.25, -0.2) is 0 Å². The van der Waals surface area contributed by atoms with Crippen LogP contribution in [0.4, 0.5) is 0 Å². The maximum atomic E-state index is 14.0. The van der Waals surface area contributed by atoms with Gasteiger partial charge in [0.1, 0.15) is 11.6 Å². The number of nitrogens with one attached hydrogen (secondary N) is 2. The average molecular weight is 489 g/mol. The number of para-hydroxylation sites is 1. The Balaban J connectivity index is 1.41. The molecule has 1 saturated heterocycles. The minimum atomic E-state index is -0.483. The highest BCUT2D eigenvalue weighted by Gasteiger charge is 2.39. The predicted molar refractivity (Wildman–Crippen MR) is 140 cm³/mol. The van der Waals surface area contributed by atoms with Gasteiger partial charge in [-0.2, -0.15) is 0 Å². The Bertz CT molecular complexity index is 1220. The third-order valence-electron chi connectivity index (χ3n) is 7.98. The number of nitrogens with zero attached hydrogens (tertiary/aromatic N) is 2. The molecule has 2 aliphatic rings. The molecule has 7 heteroatoms. The van der Waals surface area contributed by atoms with Crippen LogP contribution in [-0.4, -0.2) is 47.4 Å². The van der Waals surface area contributed by atoms with E-state index in [-0.39, 0.29) is 29.8 Å². The number of fused-ring (bicyclic) bond motifs is 1. The molecule has 0 spiro atoms. The first-order chi connectivity index (χ1) is 17.6. The van der Waals surface area contributed by atoms with Crippen LogP contribution in [0.5, 0.6) is 0 Å². The van der Waals surface area contributed by atoms with Crippen molar-refractivity contribution in [3.8, 4) is 11.1 Å². The van der Waals surface area contributed by atoms with Crippen molar-refractivity contribution in [2.45, 2.75) is 70.0 Å². The lowest BCUT2D eigenvalue weighted by Crippen LogP contribution is -2.55. The molecule has 3 aromatic rings. The Morgan fingerprint density at radius 1 is 1.08 bits per heavy atom. The smallest absolute Gasteiger partial charge is 0.245 e. The van der Waals surface area contributed by atoms with Crippen LogP contribution in [0.2, 0.25) is 0 Å². The molecule has 1 aromatic carbocycles. The molecular weight excluding hydrogens is 452 g/mol. The molecule has 2 fully saturated rings. The fourth-order valence-corrected chi connectivity index (χ4v) is 5.80. The molecule has 2 N–H and O–H groups in total. The highest BCUT2D eigenvalue weighted by molar-refractivity contribution is 5.94. The zero-order valence-electron chi connectivity index (χ0n) is 21.2. The third kappa shape index (κ3) is 4.89. The highest BCUT2D eigenvalue weighted by atomic mass is 16.3. The maximum Gasteiger partial charge on any atom is 0.245 e. The molecule has 3 atom stereocenters. The fourth-order valence-electron chi connectivity index (χ4n) is 5.80. The number of carbonyl (C=O) groups excluding carboxylic acids is 2. The van der Waals surface area contributed by atoms with Crippen LogP contribution in [0.1, 0.15) is 63.5 Å². The molecule has 2 aromatic heterocycles. The second-order valence-electron chi connectivity index (χ2n) is 10.2. The first kappa shape index (κ1) is 24.5. The van der Waals surface area contributed by atoms with Crippen LogP contribution in [0.25, 0.3) is 22.1 Å². The lowest BCUT2D eigenvalue weighted by molar-refractivity contribution is -0.139. The first-order valence-electron chi connectivity index (χ1n) is 13.3. The number of benzene rings is 1. The van der Waals surface area contributed by atoms with E-state index in [4.69, 9.17) is 4.42 Å². The summed E-state index contributed by atoms with van der Waals surface area (Å²) in [6.07, 6.45) is 12.7. The number of rotatable bonds is 7. The zero-order chi connectivity index (χ0) is 25.1. The van der Waals surface area contributed by atoms with E-state index in [1.54, 1.807) is 13.3 Å². The summed E-state index contributed by atoms with van der Waals surface area (Å²) in [7, 11) is 1.77. The molecule has 0 bridgehead atoms. The Labute approximate surface area is 212 Å². The van der Waals surface area contributed by atoms with Crippen LogP contribution in [0.15, 0.2) is 53.4 Å². The normalized spacial score (nSPS) is 20.4. The minimum Gasteiger partial charge on any atom is -0.464 e. The fraction of sp³-hybridized carbons (Fsp3) is 0.483. The van der Waals surface area contributed by atoms with Crippen molar-refractivity contribution >= 4 is 22.8 Å². The van der Waals surface area contributed by atoms with E-state index in [0.29, 0.717) is 6.54 Å². The van der Waals surface area contributed by atoms with Gasteiger partial charge in [-0.1, -0.05) is 37.5 Å². The minimum absolute atomic E-state index is 0.0419. The summed E-state index contributed by atoms with van der Waals surface area (Å²) in [6.45, 7) is 2.52. The van der Waals surface area contributed by atoms with E-state index in [1.807, 2.05) is 42.4 Å². The molecule has 1 aliphatic heterocycles. The largest absolute Gasteiger partial charge is 0.464 e. The van der Waals surface area contributed by atoms with Crippen LogP contribution >= 0.6 is 0 Å². The summed E-state index contributed by atoms with van der Waals surface area (Å²) in [6, 6.07) is 9.24. The quantitative estimate of drug-likeness (QED) is 0.497. The summed E-state index contributed by atoms with van der Waals surface area (Å²) >= 11 is 0. The van der Waals surface area contributed by atoms with Gasteiger partial charge >= 0.3 is 0 Å². The zero-order valence-corrected chi connectivity index (χ0v) is 21.2. The second-order valence-corrected chi connectivity index (χ2v) is 10.2. The molecule has 3 heterocycles. The highest BCUT2D eigenvalue weighted by Crippen LogP contribution is 2.37. The summed E-state index contributed by atoms with van der Waals surface area (Å²) in [5, 5.41) is 7.17. The number of amides is 2. The van der Waals surface area contributed by atoms with E-state index >= 15 is 0 Å². The number of hydrogen-bond acceptors (Lipinski definition) is 5. The average Bonchev–Trinajstić information content (AvgIpc) is 3.59. The summed E-state index contributed by atoms with van der Waals surface area (Å²) in [5.74, 6) is 0.107. The van der Waals surface area contributed by atoms with Gasteiger partial charge < -0.3 is 20.0 Å². The van der Waals surface area contributed by atoms with Crippen molar-refractivity contribution in [1.29, 1.82) is 0 Å². The molecule has 2 unspecified atom stereocenters. The van der Waals surface area contributed by atoms with E-state index in [1.165, 1.54) is 6.42 Å². The Hall–Kier alpha value is -3.19. The SMILES string of the molecule is CNC(C)C(=O)N[C@H](C(=O)N1CCCC1c1cncc(-c2coc3ccccc23)c1)C1CCCCC1. The Morgan fingerprint density at radius 3 is 2.69 bits per heavy atom. The van der Waals surface area contributed by atoms with Crippen molar-refractivity contribution in [2.24, 2.45) is 5.92 Å². The van der Waals surface area contributed by atoms with Gasteiger partial charge in [-0.3, -0.25) is 14.6 Å². The summed E-state index contributed by atoms with van der Waals surface area (Å²) in [4.78, 5) is 33.4. The molecule has 1 saturated carbocycles. The van der Waals surface area contributed by atoms with Crippen molar-refractivity contribution < 1.29 is 14.0 Å². The number of likely N-dealkylation sites (tertiary alicyclic amines) is 1. The van der Waals surface area contributed by atoms with Crippen LogP contribution < -0.4 is 10.6 Å². The van der Waals surface area contributed by atoms with Gasteiger partial charge in [0.25, 0.3) is 0 Å². The van der Waals surface area contributed by atoms with Crippen LogP contribution in [-0.2, 0) is 9.59 Å². The Kier molecular flexibility index (Phi) is 7.37.